The Morgan fingerprint density at radius 3 is 2.53 bits per heavy atom. The maximum atomic E-state index is 9.22. The van der Waals surface area contributed by atoms with Crippen molar-refractivity contribution >= 4 is 35.0 Å². The topological polar surface area (TPSA) is 36.7 Å². The first-order valence-corrected chi connectivity index (χ1v) is 7.09. The predicted octanol–water partition coefficient (Wildman–Crippen LogP) is 5.03. The van der Waals surface area contributed by atoms with Crippen LogP contribution in [0.15, 0.2) is 34.2 Å². The van der Waals surface area contributed by atoms with Crippen LogP contribution in [-0.2, 0) is 0 Å². The highest BCUT2D eigenvalue weighted by molar-refractivity contribution is 7.99. The molecule has 0 aliphatic heterocycles. The fourth-order valence-electron chi connectivity index (χ4n) is 1.66. The number of nitriles is 1. The molecule has 1 heterocycles. The highest BCUT2D eigenvalue weighted by atomic mass is 35.5. The van der Waals surface area contributed by atoms with Gasteiger partial charge in [0.05, 0.1) is 15.6 Å². The predicted molar refractivity (Wildman–Crippen MR) is 79.0 cm³/mol. The molecule has 1 aromatic carbocycles. The Balaban J connectivity index is 2.43. The summed E-state index contributed by atoms with van der Waals surface area (Å²) in [6, 6.07) is 9.47. The number of pyridine rings is 1. The number of halogens is 2. The van der Waals surface area contributed by atoms with Gasteiger partial charge < -0.3 is 0 Å². The summed E-state index contributed by atoms with van der Waals surface area (Å²) in [6.07, 6.45) is 0. The molecule has 96 valence electrons. The van der Waals surface area contributed by atoms with Crippen LogP contribution in [0.4, 0.5) is 0 Å². The van der Waals surface area contributed by atoms with E-state index in [2.05, 4.69) is 11.1 Å². The molecular formula is C14H10Cl2N2S. The fourth-order valence-corrected chi connectivity index (χ4v) is 3.06. The van der Waals surface area contributed by atoms with Crippen molar-refractivity contribution in [2.45, 2.75) is 23.8 Å². The lowest BCUT2D eigenvalue weighted by Gasteiger charge is -2.07. The van der Waals surface area contributed by atoms with Crippen molar-refractivity contribution in [1.82, 2.24) is 4.98 Å². The molecule has 0 aliphatic rings. The first-order chi connectivity index (χ1) is 9.01. The third-order valence-electron chi connectivity index (χ3n) is 2.53. The lowest BCUT2D eigenvalue weighted by molar-refractivity contribution is 1.03. The molecule has 1 aromatic heterocycles. The van der Waals surface area contributed by atoms with Crippen LogP contribution in [-0.4, -0.2) is 4.98 Å². The van der Waals surface area contributed by atoms with Gasteiger partial charge in [0.25, 0.3) is 0 Å². The van der Waals surface area contributed by atoms with Gasteiger partial charge in [0.2, 0.25) is 0 Å². The third kappa shape index (κ3) is 3.22. The quantitative estimate of drug-likeness (QED) is 0.781. The van der Waals surface area contributed by atoms with Crippen LogP contribution in [0, 0.1) is 25.2 Å². The van der Waals surface area contributed by atoms with Crippen LogP contribution in [0.5, 0.6) is 0 Å². The average molecular weight is 309 g/mol. The number of hydrogen-bond donors (Lipinski definition) is 0. The van der Waals surface area contributed by atoms with E-state index in [0.717, 1.165) is 16.2 Å². The Morgan fingerprint density at radius 2 is 1.89 bits per heavy atom. The second-order valence-corrected chi connectivity index (χ2v) is 5.93. The Morgan fingerprint density at radius 1 is 1.16 bits per heavy atom. The summed E-state index contributed by atoms with van der Waals surface area (Å²) < 4.78 is 0. The highest BCUT2D eigenvalue weighted by Gasteiger charge is 2.11. The molecule has 19 heavy (non-hydrogen) atoms. The molecule has 0 radical (unpaired) electrons. The smallest absolute Gasteiger partial charge is 0.119 e. The van der Waals surface area contributed by atoms with Gasteiger partial charge in [-0.15, -0.1) is 0 Å². The van der Waals surface area contributed by atoms with Crippen LogP contribution < -0.4 is 0 Å². The van der Waals surface area contributed by atoms with E-state index in [9.17, 15) is 5.26 Å². The van der Waals surface area contributed by atoms with E-state index in [0.29, 0.717) is 20.6 Å². The highest BCUT2D eigenvalue weighted by Crippen LogP contribution is 2.34. The Bertz CT molecular complexity index is 678. The lowest BCUT2D eigenvalue weighted by atomic mass is 10.1. The van der Waals surface area contributed by atoms with E-state index >= 15 is 0 Å². The molecule has 5 heteroatoms. The van der Waals surface area contributed by atoms with Gasteiger partial charge in [0.1, 0.15) is 11.1 Å². The van der Waals surface area contributed by atoms with Crippen molar-refractivity contribution in [2.75, 3.05) is 0 Å². The zero-order valence-electron chi connectivity index (χ0n) is 10.4. The monoisotopic (exact) mass is 308 g/mol. The third-order valence-corrected chi connectivity index (χ3v) is 4.25. The molecule has 0 saturated heterocycles. The Labute approximate surface area is 126 Å². The normalized spacial score (nSPS) is 10.3. The van der Waals surface area contributed by atoms with Crippen molar-refractivity contribution < 1.29 is 0 Å². The van der Waals surface area contributed by atoms with Crippen molar-refractivity contribution in [1.29, 1.82) is 5.26 Å². The summed E-state index contributed by atoms with van der Waals surface area (Å²) in [6.45, 7) is 3.82. The maximum Gasteiger partial charge on any atom is 0.119 e. The number of rotatable bonds is 2. The van der Waals surface area contributed by atoms with Gasteiger partial charge in [-0.2, -0.15) is 5.26 Å². The van der Waals surface area contributed by atoms with Gasteiger partial charge >= 0.3 is 0 Å². The van der Waals surface area contributed by atoms with Gasteiger partial charge in [-0.05, 0) is 43.7 Å². The fraction of sp³-hybridized carbons (Fsp3) is 0.143. The van der Waals surface area contributed by atoms with Gasteiger partial charge in [0, 0.05) is 10.6 Å². The molecule has 2 nitrogen and oxygen atoms in total. The van der Waals surface area contributed by atoms with Gasteiger partial charge in [-0.1, -0.05) is 35.0 Å². The van der Waals surface area contributed by atoms with E-state index in [1.807, 2.05) is 26.0 Å². The zero-order valence-corrected chi connectivity index (χ0v) is 12.7. The minimum atomic E-state index is 0.495. The summed E-state index contributed by atoms with van der Waals surface area (Å²) >= 11 is 13.3. The van der Waals surface area contributed by atoms with Gasteiger partial charge in [0.15, 0.2) is 0 Å². The summed E-state index contributed by atoms with van der Waals surface area (Å²) in [5.41, 5.74) is 2.42. The van der Waals surface area contributed by atoms with Gasteiger partial charge in [-0.25, -0.2) is 4.98 Å². The standard InChI is InChI=1S/C14H10Cl2N2S/c1-8-5-9(2)18-14(11(8)7-17)19-10-3-4-12(15)13(16)6-10/h3-6H,1-2H3. The summed E-state index contributed by atoms with van der Waals surface area (Å²) in [5, 5.41) is 10.9. The lowest BCUT2D eigenvalue weighted by Crippen LogP contribution is -1.94. The van der Waals surface area contributed by atoms with Crippen LogP contribution in [0.25, 0.3) is 0 Å². The number of nitrogens with zero attached hydrogens (tertiary/aromatic N) is 2. The number of aromatic nitrogens is 1. The van der Waals surface area contributed by atoms with Crippen molar-refractivity contribution in [3.05, 3.63) is 51.1 Å². The first kappa shape index (κ1) is 14.2. The minimum Gasteiger partial charge on any atom is -0.245 e. The van der Waals surface area contributed by atoms with Crippen LogP contribution in [0.2, 0.25) is 10.0 Å². The van der Waals surface area contributed by atoms with Crippen molar-refractivity contribution in [3.63, 3.8) is 0 Å². The average Bonchev–Trinajstić information content (AvgIpc) is 2.33. The number of benzene rings is 1. The molecular weight excluding hydrogens is 299 g/mol. The van der Waals surface area contributed by atoms with Crippen molar-refractivity contribution in [3.8, 4) is 6.07 Å². The molecule has 0 unspecified atom stereocenters. The van der Waals surface area contributed by atoms with Crippen molar-refractivity contribution in [2.24, 2.45) is 0 Å². The summed E-state index contributed by atoms with van der Waals surface area (Å²) in [4.78, 5) is 5.32. The SMILES string of the molecule is Cc1cc(C)c(C#N)c(Sc2ccc(Cl)c(Cl)c2)n1. The number of aryl methyl sites for hydroxylation is 2. The van der Waals surface area contributed by atoms with E-state index in [1.165, 1.54) is 11.8 Å². The van der Waals surface area contributed by atoms with E-state index < -0.39 is 0 Å². The molecule has 0 aliphatic carbocycles. The molecule has 0 N–H and O–H groups in total. The Hall–Kier alpha value is -1.21. The summed E-state index contributed by atoms with van der Waals surface area (Å²) in [7, 11) is 0. The second kappa shape index (κ2) is 5.83. The molecule has 2 aromatic rings. The molecule has 0 bridgehead atoms. The molecule has 0 fully saturated rings. The van der Waals surface area contributed by atoms with E-state index in [1.54, 1.807) is 12.1 Å². The molecule has 2 rings (SSSR count). The molecule has 0 amide bonds. The largest absolute Gasteiger partial charge is 0.245 e. The van der Waals surface area contributed by atoms with Crippen LogP contribution in [0.3, 0.4) is 0 Å². The number of hydrogen-bond acceptors (Lipinski definition) is 3. The minimum absolute atomic E-state index is 0.495. The summed E-state index contributed by atoms with van der Waals surface area (Å²) in [5.74, 6) is 0. The van der Waals surface area contributed by atoms with E-state index in [4.69, 9.17) is 23.2 Å². The van der Waals surface area contributed by atoms with Crippen LogP contribution in [0.1, 0.15) is 16.8 Å². The zero-order chi connectivity index (χ0) is 14.0. The van der Waals surface area contributed by atoms with Gasteiger partial charge in [-0.3, -0.25) is 0 Å². The molecule has 0 atom stereocenters. The maximum absolute atomic E-state index is 9.22. The second-order valence-electron chi connectivity index (χ2n) is 4.05. The Kier molecular flexibility index (Phi) is 4.36. The molecule has 0 saturated carbocycles. The van der Waals surface area contributed by atoms with E-state index in [-0.39, 0.29) is 0 Å². The molecule has 0 spiro atoms. The van der Waals surface area contributed by atoms with Crippen LogP contribution >= 0.6 is 35.0 Å². The first-order valence-electron chi connectivity index (χ1n) is 5.52.